The van der Waals surface area contributed by atoms with Gasteiger partial charge >= 0.3 is 0 Å². The SMILES string of the molecule is CC[Si](CC)(CC)OC(C)(C)CCC[C@@H](C)C1CC[C@@H]2C(O)(/C=C/[C@@]34C[C@H](O[Si](C)(C)C(C)(C)C)C[C@@H]3C4)CCC[C@]12C. The van der Waals surface area contributed by atoms with Crippen molar-refractivity contribution in [3.8, 4) is 0 Å². The normalized spacial score (nSPS) is 37.5. The van der Waals surface area contributed by atoms with Crippen molar-refractivity contribution < 1.29 is 14.0 Å². The summed E-state index contributed by atoms with van der Waals surface area (Å²) in [4.78, 5) is 0. The molecule has 0 radical (unpaired) electrons. The molecule has 0 aromatic rings. The first-order valence-corrected chi connectivity index (χ1v) is 24.0. The maximum Gasteiger partial charge on any atom is 0.192 e. The topological polar surface area (TPSA) is 38.7 Å². The van der Waals surface area contributed by atoms with E-state index < -0.39 is 22.2 Å². The Morgan fingerprint density at radius 2 is 1.60 bits per heavy atom. The van der Waals surface area contributed by atoms with Crippen LogP contribution in [0.3, 0.4) is 0 Å². The number of hydrogen-bond donors (Lipinski definition) is 1. The highest BCUT2D eigenvalue weighted by molar-refractivity contribution is 6.74. The zero-order valence-electron chi connectivity index (χ0n) is 30.7. The molecule has 2 unspecified atom stereocenters. The van der Waals surface area contributed by atoms with Crippen molar-refractivity contribution in [2.45, 2.75) is 193 Å². The Balaban J connectivity index is 1.35. The summed E-state index contributed by atoms with van der Waals surface area (Å²) in [6.07, 6.45) is 18.5. The fraction of sp³-hybridized carbons (Fsp3) is 0.947. The molecule has 4 rings (SSSR count). The lowest BCUT2D eigenvalue weighted by Crippen LogP contribution is -2.49. The molecule has 3 nitrogen and oxygen atoms in total. The molecule has 4 aliphatic carbocycles. The lowest BCUT2D eigenvalue weighted by molar-refractivity contribution is -0.0783. The first-order valence-electron chi connectivity index (χ1n) is 18.6. The molecular formula is C38H72O3Si2. The van der Waals surface area contributed by atoms with E-state index >= 15 is 0 Å². The maximum atomic E-state index is 12.3. The summed E-state index contributed by atoms with van der Waals surface area (Å²) >= 11 is 0. The Bertz CT molecular complexity index is 972. The van der Waals surface area contributed by atoms with Gasteiger partial charge in [-0.2, -0.15) is 0 Å². The van der Waals surface area contributed by atoms with Gasteiger partial charge in [-0.15, -0.1) is 0 Å². The van der Waals surface area contributed by atoms with Gasteiger partial charge in [0.15, 0.2) is 16.6 Å². The Hall–Kier alpha value is 0.0538. The Labute approximate surface area is 270 Å². The van der Waals surface area contributed by atoms with E-state index in [0.717, 1.165) is 37.5 Å². The third-order valence-electron chi connectivity index (χ3n) is 14.3. The van der Waals surface area contributed by atoms with Gasteiger partial charge in [0.1, 0.15) is 0 Å². The van der Waals surface area contributed by atoms with Crippen LogP contribution in [-0.4, -0.2) is 39.0 Å². The van der Waals surface area contributed by atoms with Crippen molar-refractivity contribution in [1.82, 2.24) is 0 Å². The van der Waals surface area contributed by atoms with E-state index in [0.29, 0.717) is 23.4 Å². The highest BCUT2D eigenvalue weighted by atomic mass is 28.4. The number of fused-ring (bicyclic) bond motifs is 2. The van der Waals surface area contributed by atoms with Gasteiger partial charge in [0.05, 0.1) is 11.2 Å². The van der Waals surface area contributed by atoms with Crippen LogP contribution in [0.1, 0.15) is 140 Å². The van der Waals surface area contributed by atoms with Crippen molar-refractivity contribution in [2.24, 2.45) is 34.5 Å². The quantitative estimate of drug-likeness (QED) is 0.153. The van der Waals surface area contributed by atoms with Crippen LogP contribution in [-0.2, 0) is 8.85 Å². The minimum absolute atomic E-state index is 0.0129. The highest BCUT2D eigenvalue weighted by Gasteiger charge is 2.61. The summed E-state index contributed by atoms with van der Waals surface area (Å²) < 4.78 is 13.8. The molecule has 1 N–H and O–H groups in total. The van der Waals surface area contributed by atoms with Gasteiger partial charge in [0, 0.05) is 6.10 Å². The van der Waals surface area contributed by atoms with E-state index in [1.54, 1.807) is 0 Å². The Kier molecular flexibility index (Phi) is 10.5. The molecule has 0 saturated heterocycles. The molecule has 250 valence electrons. The van der Waals surface area contributed by atoms with E-state index in [1.807, 2.05) is 0 Å². The van der Waals surface area contributed by atoms with E-state index in [2.05, 4.69) is 94.5 Å². The molecule has 0 aromatic heterocycles. The second-order valence-electron chi connectivity index (χ2n) is 18.5. The molecule has 0 aliphatic heterocycles. The predicted octanol–water partition coefficient (Wildman–Crippen LogP) is 11.3. The molecule has 43 heavy (non-hydrogen) atoms. The molecule has 4 aliphatic rings. The lowest BCUT2D eigenvalue weighted by Gasteiger charge is -2.50. The first-order chi connectivity index (χ1) is 19.8. The molecule has 8 atom stereocenters. The van der Waals surface area contributed by atoms with E-state index in [9.17, 15) is 5.11 Å². The number of rotatable bonds is 14. The summed E-state index contributed by atoms with van der Waals surface area (Å²) in [5.41, 5.74) is -0.0979. The number of aliphatic hydroxyl groups is 1. The zero-order chi connectivity index (χ0) is 32.1. The monoisotopic (exact) mass is 633 g/mol. The smallest absolute Gasteiger partial charge is 0.192 e. The molecule has 4 fully saturated rings. The molecular weight excluding hydrogens is 561 g/mol. The van der Waals surface area contributed by atoms with Crippen LogP contribution in [0.25, 0.3) is 0 Å². The Morgan fingerprint density at radius 3 is 2.21 bits per heavy atom. The van der Waals surface area contributed by atoms with E-state index in [1.165, 1.54) is 63.1 Å². The van der Waals surface area contributed by atoms with Gasteiger partial charge in [0.2, 0.25) is 0 Å². The fourth-order valence-corrected chi connectivity index (χ4v) is 14.8. The molecule has 0 amide bonds. The first kappa shape index (κ1) is 35.9. The van der Waals surface area contributed by atoms with Gasteiger partial charge in [-0.05, 0) is 142 Å². The average molecular weight is 633 g/mol. The maximum absolute atomic E-state index is 12.3. The molecule has 5 heteroatoms. The summed E-state index contributed by atoms with van der Waals surface area (Å²) in [6, 6.07) is 3.68. The summed E-state index contributed by atoms with van der Waals surface area (Å²) in [7, 11) is -3.33. The summed E-state index contributed by atoms with van der Waals surface area (Å²) in [5.74, 6) is 2.59. The number of allylic oxidation sites excluding steroid dienone is 1. The third-order valence-corrected chi connectivity index (χ3v) is 23.6. The lowest BCUT2D eigenvalue weighted by atomic mass is 9.57. The largest absolute Gasteiger partial charge is 0.414 e. The van der Waals surface area contributed by atoms with Crippen molar-refractivity contribution in [1.29, 1.82) is 0 Å². The molecule has 0 bridgehead atoms. The molecule has 0 spiro atoms. The van der Waals surface area contributed by atoms with Crippen LogP contribution in [0.15, 0.2) is 12.2 Å². The van der Waals surface area contributed by atoms with Crippen LogP contribution in [0.5, 0.6) is 0 Å². The second kappa shape index (κ2) is 12.6. The molecule has 4 saturated carbocycles. The van der Waals surface area contributed by atoms with Crippen LogP contribution in [0.2, 0.25) is 36.3 Å². The van der Waals surface area contributed by atoms with Crippen molar-refractivity contribution in [3.05, 3.63) is 12.2 Å². The van der Waals surface area contributed by atoms with Gasteiger partial charge < -0.3 is 14.0 Å². The highest BCUT2D eigenvalue weighted by Crippen LogP contribution is 2.67. The summed E-state index contributed by atoms with van der Waals surface area (Å²) in [6.45, 7) is 28.6. The van der Waals surface area contributed by atoms with Gasteiger partial charge in [-0.3, -0.25) is 0 Å². The van der Waals surface area contributed by atoms with Crippen LogP contribution < -0.4 is 0 Å². The van der Waals surface area contributed by atoms with Gasteiger partial charge in [-0.1, -0.05) is 80.4 Å². The minimum atomic E-state index is -1.74. The zero-order valence-corrected chi connectivity index (χ0v) is 32.7. The van der Waals surface area contributed by atoms with Gasteiger partial charge in [-0.25, -0.2) is 0 Å². The minimum Gasteiger partial charge on any atom is -0.414 e. The van der Waals surface area contributed by atoms with E-state index in [-0.39, 0.29) is 16.1 Å². The van der Waals surface area contributed by atoms with Crippen molar-refractivity contribution in [3.63, 3.8) is 0 Å². The van der Waals surface area contributed by atoms with Crippen LogP contribution >= 0.6 is 0 Å². The summed E-state index contributed by atoms with van der Waals surface area (Å²) in [5, 5.41) is 12.6. The molecule has 0 aromatic carbocycles. The predicted molar refractivity (Wildman–Crippen MR) is 189 cm³/mol. The second-order valence-corrected chi connectivity index (χ2v) is 27.9. The van der Waals surface area contributed by atoms with Crippen molar-refractivity contribution >= 4 is 16.6 Å². The van der Waals surface area contributed by atoms with E-state index in [4.69, 9.17) is 8.85 Å². The molecule has 0 heterocycles. The van der Waals surface area contributed by atoms with Crippen molar-refractivity contribution in [2.75, 3.05) is 0 Å². The Morgan fingerprint density at radius 1 is 0.953 bits per heavy atom. The van der Waals surface area contributed by atoms with Crippen LogP contribution in [0.4, 0.5) is 0 Å². The standard InChI is InChI=1S/C38H72O3Si2/c1-13-43(14-2,15-3)41-35(8,9)21-16-18-29(4)32-19-20-33-36(32,10)22-17-23-38(33,39)25-24-37-27-30(37)26-31(28-37)40-42(11,12)34(5,6)7/h24-25,29-33,39H,13-23,26-28H2,1-12H3/b25-24+/t29-,30-,31-,32?,33+,36-,37-,38?/m1/s1. The third kappa shape index (κ3) is 7.31. The number of hydrogen-bond acceptors (Lipinski definition) is 3. The van der Waals surface area contributed by atoms with Crippen LogP contribution in [0, 0.1) is 34.5 Å². The fourth-order valence-electron chi connectivity index (χ4n) is 10.2. The average Bonchev–Trinajstić information content (AvgIpc) is 3.26. The van der Waals surface area contributed by atoms with Gasteiger partial charge in [0.25, 0.3) is 0 Å².